The molecule has 4 unspecified atom stereocenters. The molecule has 0 spiro atoms. The summed E-state index contributed by atoms with van der Waals surface area (Å²) in [4.78, 5) is 38.2. The molecule has 4 atom stereocenters. The van der Waals surface area contributed by atoms with Crippen LogP contribution in [0.15, 0.2) is 18.2 Å². The van der Waals surface area contributed by atoms with Gasteiger partial charge in [-0.25, -0.2) is 0 Å². The summed E-state index contributed by atoms with van der Waals surface area (Å²) < 4.78 is 0. The summed E-state index contributed by atoms with van der Waals surface area (Å²) in [5.41, 5.74) is 2.84. The number of piperidine rings is 1. The Kier molecular flexibility index (Phi) is 4.44. The first kappa shape index (κ1) is 17.8. The molecule has 3 N–H and O–H groups in total. The smallest absolute Gasteiger partial charge is 0.255 e. The average Bonchev–Trinajstić information content (AvgIpc) is 3.19. The van der Waals surface area contributed by atoms with Crippen LogP contribution in [0.25, 0.3) is 0 Å². The number of fused-ring (bicyclic) bond motifs is 3. The van der Waals surface area contributed by atoms with E-state index in [0.29, 0.717) is 30.6 Å². The minimum absolute atomic E-state index is 0.105. The van der Waals surface area contributed by atoms with Crippen molar-refractivity contribution in [3.63, 3.8) is 0 Å². The Bertz CT molecular complexity index is 827. The Hall–Kier alpha value is -2.25. The van der Waals surface area contributed by atoms with Crippen LogP contribution in [0.4, 0.5) is 0 Å². The number of carbonyl (C=O) groups excluding carboxylic acids is 3. The molecule has 3 aliphatic heterocycles. The lowest BCUT2D eigenvalue weighted by Gasteiger charge is -2.29. The van der Waals surface area contributed by atoms with E-state index in [9.17, 15) is 14.4 Å². The van der Waals surface area contributed by atoms with Gasteiger partial charge in [-0.2, -0.15) is 0 Å². The Balaban J connectivity index is 1.29. The van der Waals surface area contributed by atoms with Crippen molar-refractivity contribution >= 4 is 17.7 Å². The molecule has 0 radical (unpaired) electrons. The lowest BCUT2D eigenvalue weighted by Crippen LogP contribution is -2.52. The fourth-order valence-electron chi connectivity index (χ4n) is 5.34. The van der Waals surface area contributed by atoms with Crippen molar-refractivity contribution in [2.45, 2.75) is 63.3 Å². The van der Waals surface area contributed by atoms with Crippen LogP contribution >= 0.6 is 0 Å². The van der Waals surface area contributed by atoms with Gasteiger partial charge in [-0.05, 0) is 55.3 Å². The topological polar surface area (TPSA) is 90.5 Å². The molecule has 3 fully saturated rings. The van der Waals surface area contributed by atoms with Crippen molar-refractivity contribution < 1.29 is 14.4 Å². The number of rotatable bonds is 4. The highest BCUT2D eigenvalue weighted by atomic mass is 16.2. The highest BCUT2D eigenvalue weighted by Crippen LogP contribution is 2.32. The third-order valence-corrected chi connectivity index (χ3v) is 6.76. The van der Waals surface area contributed by atoms with E-state index in [4.69, 9.17) is 0 Å². The second-order valence-electron chi connectivity index (χ2n) is 8.60. The number of hydrogen-bond acceptors (Lipinski definition) is 5. The predicted octanol–water partition coefficient (Wildman–Crippen LogP) is 0.678. The molecule has 28 heavy (non-hydrogen) atoms. The molecule has 2 bridgehead atoms. The Morgan fingerprint density at radius 2 is 2.04 bits per heavy atom. The monoisotopic (exact) mass is 382 g/mol. The summed E-state index contributed by atoms with van der Waals surface area (Å²) in [5.74, 6) is 0.0575. The number of amides is 3. The zero-order valence-corrected chi connectivity index (χ0v) is 15.9. The molecule has 148 valence electrons. The summed E-state index contributed by atoms with van der Waals surface area (Å²) in [5, 5.41) is 9.65. The largest absolute Gasteiger partial charge is 0.322 e. The quantitative estimate of drug-likeness (QED) is 0.666. The van der Waals surface area contributed by atoms with Gasteiger partial charge in [0.2, 0.25) is 11.8 Å². The van der Waals surface area contributed by atoms with Gasteiger partial charge >= 0.3 is 0 Å². The van der Waals surface area contributed by atoms with Crippen LogP contribution in [0.1, 0.15) is 53.6 Å². The Morgan fingerprint density at radius 1 is 1.14 bits per heavy atom. The highest BCUT2D eigenvalue weighted by molar-refractivity contribution is 6.05. The summed E-state index contributed by atoms with van der Waals surface area (Å²) in [7, 11) is 0. The molecule has 3 amide bonds. The third kappa shape index (κ3) is 3.12. The van der Waals surface area contributed by atoms with Gasteiger partial charge in [0.05, 0.1) is 0 Å². The lowest BCUT2D eigenvalue weighted by molar-refractivity contribution is -0.136. The first-order chi connectivity index (χ1) is 13.6. The van der Waals surface area contributed by atoms with Gasteiger partial charge in [0, 0.05) is 37.2 Å². The number of hydrogen-bond donors (Lipinski definition) is 3. The fourth-order valence-corrected chi connectivity index (χ4v) is 5.34. The van der Waals surface area contributed by atoms with Crippen molar-refractivity contribution in [1.82, 2.24) is 20.9 Å². The molecule has 1 saturated carbocycles. The molecular formula is C21H26N4O3. The van der Waals surface area contributed by atoms with Crippen molar-refractivity contribution in [1.29, 1.82) is 0 Å². The van der Waals surface area contributed by atoms with E-state index in [0.717, 1.165) is 36.6 Å². The Morgan fingerprint density at radius 3 is 2.86 bits per heavy atom. The molecule has 7 nitrogen and oxygen atoms in total. The molecule has 1 aromatic carbocycles. The maximum absolute atomic E-state index is 12.9. The predicted molar refractivity (Wildman–Crippen MR) is 102 cm³/mol. The van der Waals surface area contributed by atoms with E-state index in [1.807, 2.05) is 12.1 Å². The van der Waals surface area contributed by atoms with Crippen LogP contribution in [-0.4, -0.2) is 47.3 Å². The number of nitrogens with zero attached hydrogens (tertiary/aromatic N) is 1. The van der Waals surface area contributed by atoms with Gasteiger partial charge < -0.3 is 15.5 Å². The van der Waals surface area contributed by atoms with Gasteiger partial charge in [0.15, 0.2) is 0 Å². The first-order valence-corrected chi connectivity index (χ1v) is 10.3. The second kappa shape index (κ2) is 6.97. The van der Waals surface area contributed by atoms with Crippen molar-refractivity contribution in [2.24, 2.45) is 5.92 Å². The summed E-state index contributed by atoms with van der Waals surface area (Å²) in [6.07, 6.45) is 4.35. The van der Waals surface area contributed by atoms with Gasteiger partial charge in [-0.3, -0.25) is 19.7 Å². The SMILES string of the molecule is O=C1CCC(N2Cc3c(CNC4CC5CNC(C5)C4)cccc3C2=O)C(=O)N1. The molecule has 3 heterocycles. The number of imide groups is 1. The first-order valence-electron chi connectivity index (χ1n) is 10.3. The minimum atomic E-state index is -0.557. The van der Waals surface area contributed by atoms with Crippen LogP contribution in [0, 0.1) is 5.92 Å². The van der Waals surface area contributed by atoms with Crippen LogP contribution in [-0.2, 0) is 22.7 Å². The zero-order valence-electron chi connectivity index (χ0n) is 15.9. The molecule has 7 heteroatoms. The number of nitrogens with one attached hydrogen (secondary N) is 3. The lowest BCUT2D eigenvalue weighted by atomic mass is 9.86. The maximum atomic E-state index is 12.9. The molecule has 5 rings (SSSR count). The summed E-state index contributed by atoms with van der Waals surface area (Å²) in [6.45, 7) is 2.32. The number of benzene rings is 1. The average molecular weight is 382 g/mol. The van der Waals surface area contributed by atoms with Crippen molar-refractivity contribution in [2.75, 3.05) is 6.54 Å². The molecule has 1 aliphatic carbocycles. The third-order valence-electron chi connectivity index (χ3n) is 6.76. The molecule has 2 saturated heterocycles. The fraction of sp³-hybridized carbons (Fsp3) is 0.571. The van der Waals surface area contributed by atoms with E-state index < -0.39 is 6.04 Å². The van der Waals surface area contributed by atoms with Gasteiger partial charge in [0.1, 0.15) is 6.04 Å². The zero-order chi connectivity index (χ0) is 19.3. The molecule has 1 aromatic rings. The van der Waals surface area contributed by atoms with Crippen molar-refractivity contribution in [3.8, 4) is 0 Å². The summed E-state index contributed by atoms with van der Waals surface area (Å²) >= 11 is 0. The van der Waals surface area contributed by atoms with Crippen LogP contribution in [0.2, 0.25) is 0 Å². The standard InChI is InChI=1S/C21H26N4O3/c26-19-5-4-18(20(27)24-19)25-11-17-13(2-1-3-16(17)21(25)28)10-23-15-7-12-6-14(8-15)22-9-12/h1-3,12,14-15,18,22-23H,4-11H2,(H,24,26,27). The van der Waals surface area contributed by atoms with Crippen LogP contribution in [0.5, 0.6) is 0 Å². The molecule has 4 aliphatic rings. The molecular weight excluding hydrogens is 356 g/mol. The van der Waals surface area contributed by atoms with Gasteiger partial charge in [-0.15, -0.1) is 0 Å². The van der Waals surface area contributed by atoms with E-state index >= 15 is 0 Å². The highest BCUT2D eigenvalue weighted by Gasteiger charge is 2.40. The van der Waals surface area contributed by atoms with Crippen LogP contribution in [0.3, 0.4) is 0 Å². The summed E-state index contributed by atoms with van der Waals surface area (Å²) in [6, 6.07) is 6.44. The number of carbonyl (C=O) groups is 3. The minimum Gasteiger partial charge on any atom is -0.322 e. The van der Waals surface area contributed by atoms with E-state index in [1.54, 1.807) is 4.90 Å². The van der Waals surface area contributed by atoms with Crippen molar-refractivity contribution in [3.05, 3.63) is 34.9 Å². The Labute approximate surface area is 164 Å². The van der Waals surface area contributed by atoms with Crippen LogP contribution < -0.4 is 16.0 Å². The second-order valence-corrected chi connectivity index (χ2v) is 8.60. The van der Waals surface area contributed by atoms with E-state index in [-0.39, 0.29) is 24.1 Å². The van der Waals surface area contributed by atoms with E-state index in [2.05, 4.69) is 22.0 Å². The van der Waals surface area contributed by atoms with E-state index in [1.165, 1.54) is 12.8 Å². The maximum Gasteiger partial charge on any atom is 0.255 e. The normalized spacial score (nSPS) is 31.9. The molecule has 0 aromatic heterocycles. The van der Waals surface area contributed by atoms with Gasteiger partial charge in [0.25, 0.3) is 5.91 Å². The van der Waals surface area contributed by atoms with Gasteiger partial charge in [-0.1, -0.05) is 12.1 Å².